The summed E-state index contributed by atoms with van der Waals surface area (Å²) < 4.78 is 3.69. The van der Waals surface area contributed by atoms with Gasteiger partial charge in [-0.3, -0.25) is 9.59 Å². The molecule has 30 heavy (non-hydrogen) atoms. The molecule has 0 saturated heterocycles. The fourth-order valence-corrected chi connectivity index (χ4v) is 3.55. The second-order valence-electron chi connectivity index (χ2n) is 6.76. The van der Waals surface area contributed by atoms with Gasteiger partial charge in [-0.25, -0.2) is 9.13 Å². The zero-order valence-electron chi connectivity index (χ0n) is 16.1. The van der Waals surface area contributed by atoms with Crippen molar-refractivity contribution >= 4 is 46.2 Å². The largest absolute Gasteiger partial charge is 0.322 e. The normalized spacial score (nSPS) is 10.7. The number of carbonyl (C=O) groups excluding carboxylic acids is 2. The van der Waals surface area contributed by atoms with Gasteiger partial charge >= 0.3 is 0 Å². The van der Waals surface area contributed by atoms with Crippen molar-refractivity contribution in [2.45, 2.75) is 6.54 Å². The molecule has 0 unspecified atom stereocenters. The number of hydrogen-bond acceptors (Lipinski definition) is 2. The number of para-hydroxylation sites is 2. The molecule has 0 bridgehead atoms. The number of rotatable bonds is 6. The Morgan fingerprint density at radius 1 is 1.03 bits per heavy atom. The van der Waals surface area contributed by atoms with E-state index in [1.165, 1.54) is 0 Å². The van der Waals surface area contributed by atoms with Crippen molar-refractivity contribution in [2.24, 2.45) is 0 Å². The summed E-state index contributed by atoms with van der Waals surface area (Å²) in [5, 5.41) is 3.28. The smallest absolute Gasteiger partial charge is 0.266 e. The van der Waals surface area contributed by atoms with Crippen LogP contribution in [-0.2, 0) is 11.3 Å². The molecule has 5 nitrogen and oxygen atoms in total. The molecule has 1 aromatic heterocycles. The second kappa shape index (κ2) is 8.35. The van der Waals surface area contributed by atoms with Gasteiger partial charge in [0.1, 0.15) is 0 Å². The van der Waals surface area contributed by atoms with Crippen LogP contribution in [0.3, 0.4) is 0 Å². The van der Waals surface area contributed by atoms with E-state index in [0.29, 0.717) is 21.8 Å². The number of nitrogens with one attached hydrogen (secondary N) is 1. The lowest BCUT2D eigenvalue weighted by molar-refractivity contribution is -0.658. The maximum Gasteiger partial charge on any atom is 0.266 e. The average Bonchev–Trinajstić information content (AvgIpc) is 3.12. The van der Waals surface area contributed by atoms with Crippen molar-refractivity contribution < 1.29 is 14.2 Å². The minimum atomic E-state index is -0.253. The van der Waals surface area contributed by atoms with Crippen molar-refractivity contribution in [3.63, 3.8) is 0 Å². The highest BCUT2D eigenvalue weighted by Crippen LogP contribution is 2.24. The molecule has 1 amide bonds. The predicted octanol–water partition coefficient (Wildman–Crippen LogP) is 4.55. The molecule has 0 atom stereocenters. The lowest BCUT2D eigenvalue weighted by Crippen LogP contribution is -2.39. The number of hydrogen-bond donors (Lipinski definition) is 1. The summed E-state index contributed by atoms with van der Waals surface area (Å²) in [5.74, 6) is -0.458. The van der Waals surface area contributed by atoms with E-state index in [9.17, 15) is 9.59 Å². The van der Waals surface area contributed by atoms with E-state index < -0.39 is 0 Å². The molecule has 0 radical (unpaired) electrons. The van der Waals surface area contributed by atoms with E-state index in [4.69, 9.17) is 11.6 Å². The number of amides is 1. The molecule has 6 heteroatoms. The van der Waals surface area contributed by atoms with E-state index in [2.05, 4.69) is 11.9 Å². The third-order valence-corrected chi connectivity index (χ3v) is 5.02. The first-order valence-corrected chi connectivity index (χ1v) is 9.75. The summed E-state index contributed by atoms with van der Waals surface area (Å²) in [6.45, 7) is 3.89. The highest BCUT2D eigenvalue weighted by molar-refractivity contribution is 6.31. The van der Waals surface area contributed by atoms with Crippen molar-refractivity contribution in [3.8, 4) is 0 Å². The summed E-state index contributed by atoms with van der Waals surface area (Å²) in [4.78, 5) is 25.8. The fourth-order valence-electron chi connectivity index (χ4n) is 3.37. The first-order chi connectivity index (χ1) is 14.6. The number of ketones is 1. The van der Waals surface area contributed by atoms with Crippen LogP contribution in [0.2, 0.25) is 5.02 Å². The molecule has 1 heterocycles. The fraction of sp³-hybridized carbons (Fsp3) is 0.0417. The average molecular weight is 417 g/mol. The Kier molecular flexibility index (Phi) is 5.46. The molecule has 0 aliphatic rings. The number of aromatic nitrogens is 2. The predicted molar refractivity (Wildman–Crippen MR) is 118 cm³/mol. The van der Waals surface area contributed by atoms with Crippen LogP contribution in [-0.4, -0.2) is 16.3 Å². The Balaban J connectivity index is 1.62. The van der Waals surface area contributed by atoms with Crippen LogP contribution in [0.25, 0.3) is 17.2 Å². The van der Waals surface area contributed by atoms with Crippen LogP contribution < -0.4 is 9.88 Å². The number of nitrogens with zero attached hydrogens (tertiary/aromatic N) is 2. The molecule has 148 valence electrons. The van der Waals surface area contributed by atoms with Crippen LogP contribution in [0, 0.1) is 0 Å². The monoisotopic (exact) mass is 416 g/mol. The summed E-state index contributed by atoms with van der Waals surface area (Å²) in [7, 11) is 0. The van der Waals surface area contributed by atoms with Gasteiger partial charge in [-0.2, -0.15) is 0 Å². The molecule has 0 aliphatic heterocycles. The van der Waals surface area contributed by atoms with Gasteiger partial charge in [-0.15, -0.1) is 0 Å². The van der Waals surface area contributed by atoms with Crippen LogP contribution in [0.1, 0.15) is 15.9 Å². The van der Waals surface area contributed by atoms with Crippen LogP contribution >= 0.6 is 11.6 Å². The van der Waals surface area contributed by atoms with Gasteiger partial charge in [0.15, 0.2) is 23.4 Å². The van der Waals surface area contributed by atoms with Crippen molar-refractivity contribution in [1.82, 2.24) is 4.57 Å². The van der Waals surface area contributed by atoms with E-state index in [0.717, 1.165) is 11.0 Å². The van der Waals surface area contributed by atoms with Gasteiger partial charge in [0.25, 0.3) is 5.91 Å². The second-order valence-corrected chi connectivity index (χ2v) is 7.19. The molecule has 0 fully saturated rings. The standard InChI is InChI=1S/C24H18ClN3O2/c1-2-27-16-28(22-11-7-6-10-21(22)27)15-23(29)26-20-13-12-18(25)14-19(20)24(30)17-8-4-3-5-9-17/h2-14,16H,1,15H2/p+1. The van der Waals surface area contributed by atoms with Gasteiger partial charge in [0.2, 0.25) is 6.33 Å². The molecular weight excluding hydrogens is 398 g/mol. The van der Waals surface area contributed by atoms with Crippen LogP contribution in [0.4, 0.5) is 5.69 Å². The lowest BCUT2D eigenvalue weighted by Gasteiger charge is -2.11. The maximum atomic E-state index is 12.9. The van der Waals surface area contributed by atoms with Crippen LogP contribution in [0.15, 0.2) is 85.7 Å². The Morgan fingerprint density at radius 2 is 1.77 bits per heavy atom. The number of carbonyl (C=O) groups is 2. The minimum Gasteiger partial charge on any atom is -0.322 e. The molecular formula is C24H19ClN3O2+. The highest BCUT2D eigenvalue weighted by atomic mass is 35.5. The third-order valence-electron chi connectivity index (χ3n) is 4.78. The van der Waals surface area contributed by atoms with E-state index >= 15 is 0 Å². The molecule has 4 aromatic rings. The van der Waals surface area contributed by atoms with E-state index in [1.807, 2.05) is 45.8 Å². The Morgan fingerprint density at radius 3 is 2.53 bits per heavy atom. The van der Waals surface area contributed by atoms with Gasteiger partial charge in [0, 0.05) is 16.1 Å². The number of halogens is 1. The van der Waals surface area contributed by atoms with Gasteiger partial charge in [-0.05, 0) is 30.3 Å². The maximum absolute atomic E-state index is 12.9. The van der Waals surface area contributed by atoms with Gasteiger partial charge < -0.3 is 5.32 Å². The zero-order valence-corrected chi connectivity index (χ0v) is 16.8. The summed E-state index contributed by atoms with van der Waals surface area (Å²) in [5.41, 5.74) is 3.15. The van der Waals surface area contributed by atoms with E-state index in [-0.39, 0.29) is 18.2 Å². The van der Waals surface area contributed by atoms with Crippen molar-refractivity contribution in [1.29, 1.82) is 0 Å². The number of benzene rings is 3. The molecule has 3 aromatic carbocycles. The summed E-state index contributed by atoms with van der Waals surface area (Å²) in [6, 6.07) is 21.5. The minimum absolute atomic E-state index is 0.0863. The molecule has 0 aliphatic carbocycles. The summed E-state index contributed by atoms with van der Waals surface area (Å²) >= 11 is 6.12. The molecule has 1 N–H and O–H groups in total. The van der Waals surface area contributed by atoms with Crippen molar-refractivity contribution in [3.05, 3.63) is 102 Å². The molecule has 4 rings (SSSR count). The Bertz CT molecular complexity index is 1260. The Hall–Kier alpha value is -3.70. The molecule has 0 saturated carbocycles. The third kappa shape index (κ3) is 3.88. The molecule has 0 spiro atoms. The quantitative estimate of drug-likeness (QED) is 0.370. The van der Waals surface area contributed by atoms with Gasteiger partial charge in [-0.1, -0.05) is 60.6 Å². The van der Waals surface area contributed by atoms with Crippen LogP contribution in [0.5, 0.6) is 0 Å². The number of imidazole rings is 1. The number of anilines is 1. The topological polar surface area (TPSA) is 55.0 Å². The van der Waals surface area contributed by atoms with Crippen molar-refractivity contribution in [2.75, 3.05) is 5.32 Å². The zero-order chi connectivity index (χ0) is 21.1. The first-order valence-electron chi connectivity index (χ1n) is 9.37. The Labute approximate surface area is 178 Å². The van der Waals surface area contributed by atoms with E-state index in [1.54, 1.807) is 48.7 Å². The first kappa shape index (κ1) is 19.6. The highest BCUT2D eigenvalue weighted by Gasteiger charge is 2.19. The van der Waals surface area contributed by atoms with Gasteiger partial charge in [0.05, 0.1) is 11.9 Å². The lowest BCUT2D eigenvalue weighted by atomic mass is 10.0. The summed E-state index contributed by atoms with van der Waals surface area (Å²) in [6.07, 6.45) is 3.50. The number of fused-ring (bicyclic) bond motifs is 1. The SMILES string of the molecule is C=Cn1c[n+](CC(=O)Nc2ccc(Cl)cc2C(=O)c2ccccc2)c2ccccc21.